The summed E-state index contributed by atoms with van der Waals surface area (Å²) in [6.45, 7) is 1.07. The molecule has 0 spiro atoms. The first-order valence-electron chi connectivity index (χ1n) is 13.2. The number of carbonyl (C=O) groups is 1. The van der Waals surface area contributed by atoms with Crippen molar-refractivity contribution in [1.82, 2.24) is 14.5 Å². The molecule has 2 aromatic carbocycles. The number of hydrogen-bond acceptors (Lipinski definition) is 5. The molecule has 1 heterocycles. The first-order valence-corrected chi connectivity index (χ1v) is 15.4. The van der Waals surface area contributed by atoms with Gasteiger partial charge in [-0.2, -0.15) is 4.31 Å². The Morgan fingerprint density at radius 3 is 2.45 bits per heavy atom. The Hall–Kier alpha value is -1.68. The highest BCUT2D eigenvalue weighted by Gasteiger charge is 2.35. The second-order valence-corrected chi connectivity index (χ2v) is 13.3. The molecule has 0 bridgehead atoms. The van der Waals surface area contributed by atoms with Gasteiger partial charge in [0.05, 0.1) is 11.1 Å². The third-order valence-corrected chi connectivity index (χ3v) is 10.3. The van der Waals surface area contributed by atoms with Gasteiger partial charge >= 0.3 is 0 Å². The number of sulfonamides is 1. The van der Waals surface area contributed by atoms with E-state index in [1.54, 1.807) is 0 Å². The van der Waals surface area contributed by atoms with Crippen molar-refractivity contribution < 1.29 is 17.9 Å². The van der Waals surface area contributed by atoms with Gasteiger partial charge in [-0.15, -0.1) is 0 Å². The van der Waals surface area contributed by atoms with Crippen molar-refractivity contribution in [3.63, 3.8) is 0 Å². The van der Waals surface area contributed by atoms with Gasteiger partial charge in [-0.25, -0.2) is 8.42 Å². The Morgan fingerprint density at radius 2 is 1.79 bits per heavy atom. The molecule has 2 unspecified atom stereocenters. The van der Waals surface area contributed by atoms with Crippen LogP contribution in [0.5, 0.6) is 0 Å². The van der Waals surface area contributed by atoms with Gasteiger partial charge in [0.1, 0.15) is 11.5 Å². The number of carbonyl (C=O) groups excluding carboxylic acids is 1. The summed E-state index contributed by atoms with van der Waals surface area (Å²) in [6, 6.07) is 15.4. The van der Waals surface area contributed by atoms with Crippen molar-refractivity contribution in [2.45, 2.75) is 49.1 Å². The van der Waals surface area contributed by atoms with E-state index in [9.17, 15) is 13.2 Å². The van der Waals surface area contributed by atoms with Gasteiger partial charge in [-0.1, -0.05) is 53.5 Å². The van der Waals surface area contributed by atoms with E-state index in [1.807, 2.05) is 0 Å². The quantitative estimate of drug-likeness (QED) is 0.427. The zero-order valence-corrected chi connectivity index (χ0v) is 24.3. The predicted molar refractivity (Wildman–Crippen MR) is 151 cm³/mol. The number of ether oxygens (including phenoxy) is 1. The van der Waals surface area contributed by atoms with E-state index in [4.69, 9.17) is 27.9 Å². The minimum Gasteiger partial charge on any atom is -0.367 e. The number of hydrogen-bond donors (Lipinski definition) is 1. The molecule has 1 aliphatic heterocycles. The molecule has 1 saturated carbocycles. The third-order valence-electron chi connectivity index (χ3n) is 7.69. The topological polar surface area (TPSA) is 79.0 Å². The van der Waals surface area contributed by atoms with Crippen molar-refractivity contribution in [3.8, 4) is 0 Å². The van der Waals surface area contributed by atoms with E-state index < -0.39 is 10.0 Å². The van der Waals surface area contributed by atoms with E-state index in [0.29, 0.717) is 42.4 Å². The van der Waals surface area contributed by atoms with Crippen LogP contribution in [-0.4, -0.2) is 70.0 Å². The highest BCUT2D eigenvalue weighted by Crippen LogP contribution is 2.39. The molecule has 2 aromatic rings. The summed E-state index contributed by atoms with van der Waals surface area (Å²) in [5.41, 5.74) is 1.36. The molecule has 208 valence electrons. The molecule has 1 saturated heterocycles. The summed E-state index contributed by atoms with van der Waals surface area (Å²) >= 11 is 12.0. The molecule has 4 rings (SSSR count). The zero-order chi connectivity index (χ0) is 27.3. The van der Waals surface area contributed by atoms with Crippen LogP contribution in [0.4, 0.5) is 0 Å². The lowest BCUT2D eigenvalue weighted by Crippen LogP contribution is -2.37. The summed E-state index contributed by atoms with van der Waals surface area (Å²) in [5.74, 6) is 0.904. The number of rotatable bonds is 10. The lowest BCUT2D eigenvalue weighted by molar-refractivity contribution is -0.127. The van der Waals surface area contributed by atoms with Gasteiger partial charge in [0.2, 0.25) is 15.9 Å². The fraction of sp³-hybridized carbons (Fsp3) is 0.536. The second kappa shape index (κ2) is 13.1. The van der Waals surface area contributed by atoms with E-state index in [-0.39, 0.29) is 35.1 Å². The normalized spacial score (nSPS) is 23.4. The predicted octanol–water partition coefficient (Wildman–Crippen LogP) is 5.00. The van der Waals surface area contributed by atoms with Crippen LogP contribution in [-0.2, 0) is 19.6 Å². The average Bonchev–Trinajstić information content (AvgIpc) is 3.37. The van der Waals surface area contributed by atoms with E-state index in [1.165, 1.54) is 28.1 Å². The maximum atomic E-state index is 13.0. The molecule has 0 aromatic heterocycles. The zero-order valence-electron chi connectivity index (χ0n) is 22.0. The molecular weight excluding hydrogens is 545 g/mol. The highest BCUT2D eigenvalue weighted by molar-refractivity contribution is 7.89. The SMILES string of the molecule is CN(C)C(c1ccccc1)C1CCC(CNC(=O)COC2CCN(S(=O)(=O)c3ccc(Cl)cc3Cl)C2)CC1. The summed E-state index contributed by atoms with van der Waals surface area (Å²) < 4.78 is 33.1. The molecule has 2 atom stereocenters. The molecule has 2 aliphatic rings. The summed E-state index contributed by atoms with van der Waals surface area (Å²) in [5, 5.41) is 3.48. The number of halogens is 2. The molecule has 7 nitrogen and oxygen atoms in total. The monoisotopic (exact) mass is 581 g/mol. The van der Waals surface area contributed by atoms with Crippen LogP contribution in [0.25, 0.3) is 0 Å². The van der Waals surface area contributed by atoms with Crippen LogP contribution in [0.15, 0.2) is 53.4 Å². The molecule has 1 N–H and O–H groups in total. The molecule has 38 heavy (non-hydrogen) atoms. The minimum atomic E-state index is -3.76. The average molecular weight is 583 g/mol. The van der Waals surface area contributed by atoms with Crippen molar-refractivity contribution in [2.75, 3.05) is 40.3 Å². The molecular formula is C28H37Cl2N3O4S. The van der Waals surface area contributed by atoms with Crippen LogP contribution in [0, 0.1) is 11.8 Å². The minimum absolute atomic E-state index is 0.0253. The van der Waals surface area contributed by atoms with Crippen LogP contribution >= 0.6 is 23.2 Å². The summed E-state index contributed by atoms with van der Waals surface area (Å²) in [4.78, 5) is 14.8. The maximum Gasteiger partial charge on any atom is 0.246 e. The summed E-state index contributed by atoms with van der Waals surface area (Å²) in [6.07, 6.45) is 4.64. The molecule has 2 fully saturated rings. The smallest absolute Gasteiger partial charge is 0.246 e. The van der Waals surface area contributed by atoms with Crippen LogP contribution in [0.2, 0.25) is 10.0 Å². The Balaban J connectivity index is 1.18. The Labute approximate surface area is 236 Å². The van der Waals surface area contributed by atoms with Gasteiger partial charge in [0, 0.05) is 30.7 Å². The van der Waals surface area contributed by atoms with Gasteiger partial charge < -0.3 is 15.0 Å². The van der Waals surface area contributed by atoms with E-state index in [2.05, 4.69) is 54.6 Å². The molecule has 10 heteroatoms. The second-order valence-electron chi connectivity index (χ2n) is 10.6. The first-order chi connectivity index (χ1) is 18.1. The number of nitrogens with zero attached hydrogens (tertiary/aromatic N) is 2. The maximum absolute atomic E-state index is 13.0. The highest BCUT2D eigenvalue weighted by atomic mass is 35.5. The van der Waals surface area contributed by atoms with Crippen LogP contribution in [0.3, 0.4) is 0 Å². The van der Waals surface area contributed by atoms with E-state index >= 15 is 0 Å². The number of benzene rings is 2. The van der Waals surface area contributed by atoms with Crippen molar-refractivity contribution in [1.29, 1.82) is 0 Å². The fourth-order valence-electron chi connectivity index (χ4n) is 5.73. The van der Waals surface area contributed by atoms with Gasteiger partial charge in [-0.05, 0) is 81.8 Å². The van der Waals surface area contributed by atoms with Crippen molar-refractivity contribution in [3.05, 3.63) is 64.1 Å². The lowest BCUT2D eigenvalue weighted by Gasteiger charge is -2.37. The lowest BCUT2D eigenvalue weighted by atomic mass is 9.76. The first kappa shape index (κ1) is 29.3. The number of amides is 1. The Bertz CT molecular complexity index is 1190. The molecule has 1 amide bonds. The molecule has 0 radical (unpaired) electrons. The Morgan fingerprint density at radius 1 is 1.08 bits per heavy atom. The Kier molecular flexibility index (Phi) is 10.1. The van der Waals surface area contributed by atoms with E-state index in [0.717, 1.165) is 25.7 Å². The van der Waals surface area contributed by atoms with Crippen LogP contribution in [0.1, 0.15) is 43.7 Å². The standard InChI is InChI=1S/C28H37Cl2N3O4S/c1-32(2)28(21-6-4-3-5-7-21)22-10-8-20(9-11-22)17-31-27(34)19-37-24-14-15-33(18-24)38(35,36)26-13-12-23(29)16-25(26)30/h3-7,12-13,16,20,22,24,28H,8-11,14-15,17-19H2,1-2H3,(H,31,34). The fourth-order valence-corrected chi connectivity index (χ4v) is 7.96. The van der Waals surface area contributed by atoms with Gasteiger partial charge in [-0.3, -0.25) is 4.79 Å². The van der Waals surface area contributed by atoms with Crippen LogP contribution < -0.4 is 5.32 Å². The third kappa shape index (κ3) is 7.29. The largest absolute Gasteiger partial charge is 0.367 e. The van der Waals surface area contributed by atoms with Crippen molar-refractivity contribution in [2.24, 2.45) is 11.8 Å². The summed E-state index contributed by atoms with van der Waals surface area (Å²) in [7, 11) is 0.540. The molecule has 1 aliphatic carbocycles. The van der Waals surface area contributed by atoms with Gasteiger partial charge in [0.25, 0.3) is 0 Å². The number of nitrogens with one attached hydrogen (secondary N) is 1. The van der Waals surface area contributed by atoms with Gasteiger partial charge in [0.15, 0.2) is 0 Å². The van der Waals surface area contributed by atoms with Crippen molar-refractivity contribution >= 4 is 39.1 Å².